The lowest BCUT2D eigenvalue weighted by Crippen LogP contribution is -2.28. The number of anilines is 1. The van der Waals surface area contributed by atoms with Gasteiger partial charge >= 0.3 is 5.97 Å². The summed E-state index contributed by atoms with van der Waals surface area (Å²) in [5.74, 6) is -0.438. The molecule has 156 valence electrons. The molecule has 7 nitrogen and oxygen atoms in total. The van der Waals surface area contributed by atoms with Crippen molar-refractivity contribution >= 4 is 39.9 Å². The van der Waals surface area contributed by atoms with Crippen LogP contribution < -0.4 is 15.6 Å². The Balaban J connectivity index is 1.80. The first-order valence-corrected chi connectivity index (χ1v) is 9.77. The average molecular weight is 429 g/mol. The van der Waals surface area contributed by atoms with Gasteiger partial charge in [0.05, 0.1) is 12.0 Å². The highest BCUT2D eigenvalue weighted by Crippen LogP contribution is 2.24. The molecule has 1 amide bonds. The molecule has 3 rings (SSSR count). The van der Waals surface area contributed by atoms with Crippen LogP contribution in [0.25, 0.3) is 10.8 Å². The van der Waals surface area contributed by atoms with E-state index in [1.807, 2.05) is 0 Å². The lowest BCUT2D eigenvalue weighted by Gasteiger charge is -2.15. The first kappa shape index (κ1) is 21.4. The van der Waals surface area contributed by atoms with Gasteiger partial charge in [0.1, 0.15) is 12.3 Å². The van der Waals surface area contributed by atoms with Crippen molar-refractivity contribution in [2.45, 2.75) is 26.5 Å². The van der Waals surface area contributed by atoms with Gasteiger partial charge in [0.25, 0.3) is 5.56 Å². The number of aromatic nitrogens is 1. The van der Waals surface area contributed by atoms with Gasteiger partial charge in [-0.05, 0) is 56.3 Å². The molecule has 8 heteroatoms. The standard InChI is InChI=1S/C22H21ClN2O5/c1-3-29-22(28)14(2)30-19-6-4-5-18-17(19)11-12-25(21(18)27)13-20(26)24-16-9-7-15(23)8-10-16/h4-12,14H,3,13H2,1-2H3,(H,24,26)/t14-/m0/s1. The van der Waals surface area contributed by atoms with E-state index in [2.05, 4.69) is 5.32 Å². The minimum atomic E-state index is -0.817. The third-order valence-corrected chi connectivity index (χ3v) is 4.59. The number of rotatable bonds is 7. The zero-order chi connectivity index (χ0) is 21.7. The van der Waals surface area contributed by atoms with E-state index < -0.39 is 12.1 Å². The highest BCUT2D eigenvalue weighted by Gasteiger charge is 2.18. The van der Waals surface area contributed by atoms with E-state index in [9.17, 15) is 14.4 Å². The van der Waals surface area contributed by atoms with E-state index in [0.29, 0.717) is 27.2 Å². The molecule has 0 aliphatic carbocycles. The van der Waals surface area contributed by atoms with Crippen molar-refractivity contribution in [2.24, 2.45) is 0 Å². The zero-order valence-electron chi connectivity index (χ0n) is 16.6. The second kappa shape index (κ2) is 9.45. The fourth-order valence-electron chi connectivity index (χ4n) is 2.90. The number of hydrogen-bond acceptors (Lipinski definition) is 5. The minimum absolute atomic E-state index is 0.151. The van der Waals surface area contributed by atoms with E-state index >= 15 is 0 Å². The van der Waals surface area contributed by atoms with Gasteiger partial charge in [0.15, 0.2) is 6.10 Å². The molecule has 1 heterocycles. The fraction of sp³-hybridized carbons (Fsp3) is 0.227. The van der Waals surface area contributed by atoms with Gasteiger partial charge < -0.3 is 19.4 Å². The first-order valence-electron chi connectivity index (χ1n) is 9.40. The average Bonchev–Trinajstić information content (AvgIpc) is 2.72. The number of benzene rings is 2. The van der Waals surface area contributed by atoms with Crippen molar-refractivity contribution < 1.29 is 19.1 Å². The highest BCUT2D eigenvalue weighted by molar-refractivity contribution is 6.30. The topological polar surface area (TPSA) is 86.6 Å². The van der Waals surface area contributed by atoms with Crippen molar-refractivity contribution in [2.75, 3.05) is 11.9 Å². The molecule has 0 saturated carbocycles. The third-order valence-electron chi connectivity index (χ3n) is 4.34. The van der Waals surface area contributed by atoms with E-state index in [-0.39, 0.29) is 24.6 Å². The Kier molecular flexibility index (Phi) is 6.74. The normalized spacial score (nSPS) is 11.7. The maximum absolute atomic E-state index is 12.9. The number of amides is 1. The van der Waals surface area contributed by atoms with Gasteiger partial charge in [-0.25, -0.2) is 4.79 Å². The van der Waals surface area contributed by atoms with E-state index in [0.717, 1.165) is 0 Å². The summed E-state index contributed by atoms with van der Waals surface area (Å²) < 4.78 is 12.0. The van der Waals surface area contributed by atoms with Crippen molar-refractivity contribution in [1.29, 1.82) is 0 Å². The molecule has 0 fully saturated rings. The molecule has 0 unspecified atom stereocenters. The van der Waals surface area contributed by atoms with Crippen LogP contribution in [-0.4, -0.2) is 29.2 Å². The van der Waals surface area contributed by atoms with Crippen molar-refractivity contribution in [3.63, 3.8) is 0 Å². The molecule has 2 aromatic carbocycles. The van der Waals surface area contributed by atoms with E-state index in [1.54, 1.807) is 62.4 Å². The Morgan fingerprint density at radius 2 is 1.83 bits per heavy atom. The number of pyridine rings is 1. The number of ether oxygens (including phenoxy) is 2. The number of halogens is 1. The number of hydrogen-bond donors (Lipinski definition) is 1. The van der Waals surface area contributed by atoms with Gasteiger partial charge in [-0.1, -0.05) is 17.7 Å². The van der Waals surface area contributed by atoms with Gasteiger partial charge in [0.2, 0.25) is 5.91 Å². The predicted molar refractivity (Wildman–Crippen MR) is 115 cm³/mol. The minimum Gasteiger partial charge on any atom is -0.478 e. The lowest BCUT2D eigenvalue weighted by atomic mass is 10.1. The number of nitrogens with zero attached hydrogens (tertiary/aromatic N) is 1. The van der Waals surface area contributed by atoms with Crippen LogP contribution in [0.2, 0.25) is 5.02 Å². The van der Waals surface area contributed by atoms with Crippen LogP contribution in [0.15, 0.2) is 59.5 Å². The monoisotopic (exact) mass is 428 g/mol. The van der Waals surface area contributed by atoms with Crippen LogP contribution in [0.5, 0.6) is 5.75 Å². The van der Waals surface area contributed by atoms with Crippen LogP contribution in [-0.2, 0) is 20.9 Å². The number of esters is 1. The Hall–Kier alpha value is -3.32. The molecule has 1 aromatic heterocycles. The van der Waals surface area contributed by atoms with Crippen LogP contribution in [0.3, 0.4) is 0 Å². The molecule has 30 heavy (non-hydrogen) atoms. The molecule has 0 aliphatic heterocycles. The summed E-state index contributed by atoms with van der Waals surface area (Å²) in [5.41, 5.74) is 0.245. The Morgan fingerprint density at radius 1 is 1.10 bits per heavy atom. The SMILES string of the molecule is CCOC(=O)[C@H](C)Oc1cccc2c(=O)n(CC(=O)Nc3ccc(Cl)cc3)ccc12. The molecule has 0 aliphatic rings. The van der Waals surface area contributed by atoms with Crippen LogP contribution in [0.1, 0.15) is 13.8 Å². The first-order chi connectivity index (χ1) is 14.4. The van der Waals surface area contributed by atoms with Crippen molar-refractivity contribution in [1.82, 2.24) is 4.57 Å². The van der Waals surface area contributed by atoms with Gasteiger partial charge in [-0.15, -0.1) is 0 Å². The highest BCUT2D eigenvalue weighted by atomic mass is 35.5. The van der Waals surface area contributed by atoms with Gasteiger partial charge in [-0.2, -0.15) is 0 Å². The molecular formula is C22H21ClN2O5. The Morgan fingerprint density at radius 3 is 2.53 bits per heavy atom. The summed E-state index contributed by atoms with van der Waals surface area (Å²) >= 11 is 5.84. The van der Waals surface area contributed by atoms with Gasteiger partial charge in [-0.3, -0.25) is 9.59 Å². The largest absolute Gasteiger partial charge is 0.478 e. The number of carbonyl (C=O) groups excluding carboxylic acids is 2. The summed E-state index contributed by atoms with van der Waals surface area (Å²) in [4.78, 5) is 37.0. The smallest absolute Gasteiger partial charge is 0.347 e. The zero-order valence-corrected chi connectivity index (χ0v) is 17.3. The fourth-order valence-corrected chi connectivity index (χ4v) is 3.03. The van der Waals surface area contributed by atoms with E-state index in [4.69, 9.17) is 21.1 Å². The van der Waals surface area contributed by atoms with Crippen LogP contribution >= 0.6 is 11.6 Å². The molecular weight excluding hydrogens is 408 g/mol. The van der Waals surface area contributed by atoms with Crippen molar-refractivity contribution in [3.8, 4) is 5.75 Å². The number of fused-ring (bicyclic) bond motifs is 1. The van der Waals surface area contributed by atoms with Crippen LogP contribution in [0, 0.1) is 0 Å². The molecule has 0 spiro atoms. The van der Waals surface area contributed by atoms with Crippen molar-refractivity contribution in [3.05, 3.63) is 70.1 Å². The number of carbonyl (C=O) groups is 2. The number of nitrogens with one attached hydrogen (secondary N) is 1. The molecule has 1 atom stereocenters. The van der Waals surface area contributed by atoms with Crippen LogP contribution in [0.4, 0.5) is 5.69 Å². The summed E-state index contributed by atoms with van der Waals surface area (Å²) in [5, 5.41) is 4.21. The third kappa shape index (κ3) is 4.99. The van der Waals surface area contributed by atoms with Gasteiger partial charge in [0, 0.05) is 22.3 Å². The second-order valence-electron chi connectivity index (χ2n) is 6.53. The summed E-state index contributed by atoms with van der Waals surface area (Å²) in [7, 11) is 0. The Labute approximate surface area is 178 Å². The predicted octanol–water partition coefficient (Wildman–Crippen LogP) is 3.62. The molecule has 3 aromatic rings. The quantitative estimate of drug-likeness (QED) is 0.581. The summed E-state index contributed by atoms with van der Waals surface area (Å²) in [6.45, 7) is 3.40. The maximum Gasteiger partial charge on any atom is 0.347 e. The maximum atomic E-state index is 12.9. The summed E-state index contributed by atoms with van der Waals surface area (Å²) in [6, 6.07) is 13.3. The molecule has 0 radical (unpaired) electrons. The molecule has 0 bridgehead atoms. The summed E-state index contributed by atoms with van der Waals surface area (Å²) in [6.07, 6.45) is 0.705. The Bertz CT molecular complexity index is 1120. The molecule has 1 N–H and O–H groups in total. The molecule has 0 saturated heterocycles. The van der Waals surface area contributed by atoms with E-state index in [1.165, 1.54) is 10.8 Å². The lowest BCUT2D eigenvalue weighted by molar-refractivity contribution is -0.150. The second-order valence-corrected chi connectivity index (χ2v) is 6.97.